The van der Waals surface area contributed by atoms with Crippen LogP contribution in [0.5, 0.6) is 0 Å². The topological polar surface area (TPSA) is 46.6 Å². The zero-order valence-electron chi connectivity index (χ0n) is 12.0. The molecule has 1 saturated heterocycles. The minimum atomic E-state index is -3.67. The molecule has 1 aromatic heterocycles. The number of sulfonamides is 1. The zero-order chi connectivity index (χ0) is 15.7. The van der Waals surface area contributed by atoms with Crippen molar-refractivity contribution in [3.05, 3.63) is 47.1 Å². The van der Waals surface area contributed by atoms with Crippen molar-refractivity contribution in [1.82, 2.24) is 0 Å². The molecule has 0 saturated carbocycles. The van der Waals surface area contributed by atoms with Crippen LogP contribution in [0.1, 0.15) is 12.0 Å². The van der Waals surface area contributed by atoms with Gasteiger partial charge < -0.3 is 4.74 Å². The lowest BCUT2D eigenvalue weighted by molar-refractivity contribution is 0.194. The van der Waals surface area contributed by atoms with Gasteiger partial charge in [-0.15, -0.1) is 11.3 Å². The molecule has 0 amide bonds. The summed E-state index contributed by atoms with van der Waals surface area (Å²) in [4.78, 5) is 0. The van der Waals surface area contributed by atoms with Gasteiger partial charge in [0, 0.05) is 6.61 Å². The Balaban J connectivity index is 2.09. The van der Waals surface area contributed by atoms with Crippen molar-refractivity contribution >= 4 is 27.0 Å². The molecule has 118 valence electrons. The molecule has 1 atom stereocenters. The molecule has 3 rings (SSSR count). The summed E-state index contributed by atoms with van der Waals surface area (Å²) in [7, 11) is -3.67. The summed E-state index contributed by atoms with van der Waals surface area (Å²) >= 11 is 1.17. The maximum absolute atomic E-state index is 13.5. The van der Waals surface area contributed by atoms with Crippen molar-refractivity contribution in [2.45, 2.75) is 23.6 Å². The third kappa shape index (κ3) is 2.76. The molecule has 1 aliphatic heterocycles. The van der Waals surface area contributed by atoms with Crippen molar-refractivity contribution in [3.8, 4) is 0 Å². The Labute approximate surface area is 133 Å². The van der Waals surface area contributed by atoms with Gasteiger partial charge in [-0.25, -0.2) is 12.8 Å². The first-order valence-corrected chi connectivity index (χ1v) is 9.24. The number of benzene rings is 1. The van der Waals surface area contributed by atoms with Crippen LogP contribution < -0.4 is 4.31 Å². The fourth-order valence-electron chi connectivity index (χ4n) is 2.53. The lowest BCUT2D eigenvalue weighted by Crippen LogP contribution is -2.40. The van der Waals surface area contributed by atoms with E-state index in [-0.39, 0.29) is 16.1 Å². The Morgan fingerprint density at radius 3 is 2.77 bits per heavy atom. The highest BCUT2D eigenvalue weighted by molar-refractivity contribution is 7.94. The molecule has 0 bridgehead atoms. The minimum Gasteiger partial charge on any atom is -0.379 e. The number of nitrogens with zero attached hydrogens (tertiary/aromatic N) is 1. The predicted molar refractivity (Wildman–Crippen MR) is 84.3 cm³/mol. The number of hydrogen-bond donors (Lipinski definition) is 0. The van der Waals surface area contributed by atoms with Crippen LogP contribution in [0.4, 0.5) is 10.1 Å². The van der Waals surface area contributed by atoms with Crippen LogP contribution in [-0.4, -0.2) is 27.7 Å². The van der Waals surface area contributed by atoms with E-state index in [9.17, 15) is 12.8 Å². The van der Waals surface area contributed by atoms with Crippen molar-refractivity contribution < 1.29 is 17.5 Å². The second kappa shape index (κ2) is 5.98. The van der Waals surface area contributed by atoms with Crippen LogP contribution >= 0.6 is 11.3 Å². The van der Waals surface area contributed by atoms with Gasteiger partial charge in [0.1, 0.15) is 10.0 Å². The Hall–Kier alpha value is -1.44. The number of rotatable bonds is 4. The van der Waals surface area contributed by atoms with E-state index in [0.29, 0.717) is 30.9 Å². The molecular formula is C15H16FNO3S2. The molecule has 0 radical (unpaired) electrons. The number of thiophene rings is 1. The number of anilines is 1. The normalized spacial score (nSPS) is 18.5. The average Bonchev–Trinajstić information content (AvgIpc) is 3.15. The number of aryl methyl sites for hydroxylation is 1. The van der Waals surface area contributed by atoms with Crippen molar-refractivity contribution in [3.63, 3.8) is 0 Å². The third-order valence-corrected chi connectivity index (χ3v) is 6.90. The van der Waals surface area contributed by atoms with Gasteiger partial charge >= 0.3 is 0 Å². The summed E-state index contributed by atoms with van der Waals surface area (Å²) < 4.78 is 46.4. The molecule has 0 aliphatic carbocycles. The first-order valence-electron chi connectivity index (χ1n) is 6.92. The maximum Gasteiger partial charge on any atom is 0.274 e. The van der Waals surface area contributed by atoms with E-state index in [2.05, 4.69) is 0 Å². The summed E-state index contributed by atoms with van der Waals surface area (Å²) in [6.45, 7) is 2.50. The van der Waals surface area contributed by atoms with Gasteiger partial charge in [-0.2, -0.15) is 0 Å². The SMILES string of the molecule is Cc1cc(N([C@H]2CCOC2)S(=O)(=O)c2cccs2)ccc1F. The highest BCUT2D eigenvalue weighted by Gasteiger charge is 2.34. The highest BCUT2D eigenvalue weighted by Crippen LogP contribution is 2.32. The Morgan fingerprint density at radius 2 is 2.18 bits per heavy atom. The molecular weight excluding hydrogens is 325 g/mol. The summed E-state index contributed by atoms with van der Waals surface area (Å²) in [5, 5.41) is 1.73. The second-order valence-electron chi connectivity index (χ2n) is 5.18. The lowest BCUT2D eigenvalue weighted by atomic mass is 10.2. The van der Waals surface area contributed by atoms with E-state index in [1.54, 1.807) is 30.5 Å². The molecule has 22 heavy (non-hydrogen) atoms. The summed E-state index contributed by atoms with van der Waals surface area (Å²) in [6, 6.07) is 7.40. The van der Waals surface area contributed by atoms with Crippen molar-refractivity contribution in [1.29, 1.82) is 0 Å². The summed E-state index contributed by atoms with van der Waals surface area (Å²) in [5.74, 6) is -0.347. The molecule has 0 unspecified atom stereocenters. The largest absolute Gasteiger partial charge is 0.379 e. The zero-order valence-corrected chi connectivity index (χ0v) is 13.7. The fraction of sp³-hybridized carbons (Fsp3) is 0.333. The number of hydrogen-bond acceptors (Lipinski definition) is 4. The minimum absolute atomic E-state index is 0.267. The van der Waals surface area contributed by atoms with Gasteiger partial charge in [0.15, 0.2) is 0 Å². The molecule has 4 nitrogen and oxygen atoms in total. The number of ether oxygens (including phenoxy) is 1. The van der Waals surface area contributed by atoms with E-state index in [0.717, 1.165) is 0 Å². The Kier molecular flexibility index (Phi) is 4.20. The monoisotopic (exact) mass is 341 g/mol. The summed E-state index contributed by atoms with van der Waals surface area (Å²) in [6.07, 6.45) is 0.626. The van der Waals surface area contributed by atoms with Gasteiger partial charge in [0.2, 0.25) is 0 Å². The summed E-state index contributed by atoms with van der Waals surface area (Å²) in [5.41, 5.74) is 0.894. The van der Waals surface area contributed by atoms with Crippen molar-refractivity contribution in [2.75, 3.05) is 17.5 Å². The molecule has 2 heterocycles. The molecule has 2 aromatic rings. The first-order chi connectivity index (χ1) is 10.5. The smallest absolute Gasteiger partial charge is 0.274 e. The Bertz CT molecular complexity index is 753. The quantitative estimate of drug-likeness (QED) is 0.858. The molecule has 7 heteroatoms. The van der Waals surface area contributed by atoms with E-state index < -0.39 is 10.0 Å². The van der Waals surface area contributed by atoms with E-state index in [4.69, 9.17) is 4.74 Å². The van der Waals surface area contributed by atoms with Crippen LogP contribution in [0.3, 0.4) is 0 Å². The van der Waals surface area contributed by atoms with Gasteiger partial charge in [0.05, 0.1) is 18.3 Å². The van der Waals surface area contributed by atoms with Crippen molar-refractivity contribution in [2.24, 2.45) is 0 Å². The van der Waals surface area contributed by atoms with Crippen LogP contribution in [0.15, 0.2) is 39.9 Å². The van der Waals surface area contributed by atoms with Crippen LogP contribution in [-0.2, 0) is 14.8 Å². The number of halogens is 1. The molecule has 1 aromatic carbocycles. The van der Waals surface area contributed by atoms with Crippen LogP contribution in [0.2, 0.25) is 0 Å². The van der Waals surface area contributed by atoms with E-state index in [1.807, 2.05) is 0 Å². The van der Waals surface area contributed by atoms with Gasteiger partial charge in [-0.3, -0.25) is 4.31 Å². The van der Waals surface area contributed by atoms with E-state index in [1.165, 1.54) is 27.8 Å². The van der Waals surface area contributed by atoms with E-state index >= 15 is 0 Å². The van der Waals surface area contributed by atoms with Gasteiger partial charge in [-0.05, 0) is 48.6 Å². The predicted octanol–water partition coefficient (Wildman–Crippen LogP) is 3.18. The maximum atomic E-state index is 13.5. The average molecular weight is 341 g/mol. The van der Waals surface area contributed by atoms with Crippen LogP contribution in [0, 0.1) is 12.7 Å². The van der Waals surface area contributed by atoms with Gasteiger partial charge in [0.25, 0.3) is 10.0 Å². The highest BCUT2D eigenvalue weighted by atomic mass is 32.2. The molecule has 1 aliphatic rings. The fourth-order valence-corrected chi connectivity index (χ4v) is 5.26. The standard InChI is InChI=1S/C15H16FNO3S2/c1-11-9-12(4-5-14(11)16)17(13-6-7-20-10-13)22(18,19)15-3-2-8-21-15/h2-5,8-9,13H,6-7,10H2,1H3/t13-/m0/s1. The molecule has 1 fully saturated rings. The third-order valence-electron chi connectivity index (χ3n) is 3.64. The first kappa shape index (κ1) is 15.5. The van der Waals surface area contributed by atoms with Gasteiger partial charge in [-0.1, -0.05) is 6.07 Å². The Morgan fingerprint density at radius 1 is 1.36 bits per heavy atom. The van der Waals surface area contributed by atoms with Crippen LogP contribution in [0.25, 0.3) is 0 Å². The molecule has 0 spiro atoms. The molecule has 0 N–H and O–H groups in total. The lowest BCUT2D eigenvalue weighted by Gasteiger charge is -2.29. The second-order valence-corrected chi connectivity index (χ2v) is 8.17.